The summed E-state index contributed by atoms with van der Waals surface area (Å²) in [5.74, 6) is 0. The Kier molecular flexibility index (Phi) is 3.50. The minimum absolute atomic E-state index is 0.219. The summed E-state index contributed by atoms with van der Waals surface area (Å²) in [6.45, 7) is 2.69. The first-order valence-electron chi connectivity index (χ1n) is 6.85. The summed E-state index contributed by atoms with van der Waals surface area (Å²) in [4.78, 5) is 2.59. The highest BCUT2D eigenvalue weighted by Gasteiger charge is 2.34. The molecule has 3 rings (SSSR count). The first kappa shape index (κ1) is 13.6. The second-order valence-corrected chi connectivity index (χ2v) is 7.25. The maximum absolute atomic E-state index is 12.5. The lowest BCUT2D eigenvalue weighted by molar-refractivity contribution is 0.180. The van der Waals surface area contributed by atoms with Crippen molar-refractivity contribution in [3.05, 3.63) is 29.8 Å². The normalized spacial score (nSPS) is 21.6. The highest BCUT2D eigenvalue weighted by molar-refractivity contribution is 7.89. The molecule has 6 heteroatoms. The summed E-state index contributed by atoms with van der Waals surface area (Å²) in [5.41, 5.74) is 0.377. The van der Waals surface area contributed by atoms with Crippen molar-refractivity contribution in [3.8, 4) is 6.07 Å². The number of nitriles is 1. The van der Waals surface area contributed by atoms with Crippen LogP contribution in [-0.2, 0) is 10.0 Å². The van der Waals surface area contributed by atoms with Crippen LogP contribution in [0, 0.1) is 11.3 Å². The third-order valence-corrected chi connectivity index (χ3v) is 5.83. The first-order chi connectivity index (χ1) is 9.61. The van der Waals surface area contributed by atoms with Crippen molar-refractivity contribution < 1.29 is 8.42 Å². The number of benzene rings is 1. The lowest BCUT2D eigenvalue weighted by Crippen LogP contribution is -2.49. The predicted octanol–water partition coefficient (Wildman–Crippen LogP) is 1.03. The van der Waals surface area contributed by atoms with Crippen molar-refractivity contribution in [2.75, 3.05) is 26.2 Å². The molecule has 20 heavy (non-hydrogen) atoms. The molecule has 1 aromatic rings. The van der Waals surface area contributed by atoms with E-state index in [2.05, 4.69) is 4.90 Å². The van der Waals surface area contributed by atoms with Gasteiger partial charge in [0.25, 0.3) is 0 Å². The fourth-order valence-electron chi connectivity index (χ4n) is 2.62. The summed E-state index contributed by atoms with van der Waals surface area (Å²) < 4.78 is 26.6. The van der Waals surface area contributed by atoms with Gasteiger partial charge in [-0.05, 0) is 31.0 Å². The molecule has 106 valence electrons. The minimum atomic E-state index is -3.47. The molecular weight excluding hydrogens is 274 g/mol. The van der Waals surface area contributed by atoms with Crippen LogP contribution in [0.1, 0.15) is 18.4 Å². The highest BCUT2D eigenvalue weighted by Crippen LogP contribution is 2.28. The minimum Gasteiger partial charge on any atom is -0.298 e. The molecular formula is C14H17N3O2S. The van der Waals surface area contributed by atoms with Crippen molar-refractivity contribution in [1.82, 2.24) is 9.21 Å². The maximum atomic E-state index is 12.5. The number of nitrogens with zero attached hydrogens (tertiary/aromatic N) is 3. The topological polar surface area (TPSA) is 64.4 Å². The number of hydrogen-bond acceptors (Lipinski definition) is 4. The Bertz CT molecular complexity index is 639. The zero-order chi connectivity index (χ0) is 14.2. The molecule has 1 aromatic carbocycles. The SMILES string of the molecule is N#Cc1cccc(S(=O)(=O)N2CCN(C3CC3)CC2)c1. The van der Waals surface area contributed by atoms with E-state index in [4.69, 9.17) is 5.26 Å². The third kappa shape index (κ3) is 2.57. The van der Waals surface area contributed by atoms with Crippen molar-refractivity contribution in [3.63, 3.8) is 0 Å². The van der Waals surface area contributed by atoms with Gasteiger partial charge < -0.3 is 0 Å². The molecule has 0 spiro atoms. The lowest BCUT2D eigenvalue weighted by Gasteiger charge is -2.34. The summed E-state index contributed by atoms with van der Waals surface area (Å²) in [6.07, 6.45) is 2.49. The van der Waals surface area contributed by atoms with E-state index in [1.54, 1.807) is 18.2 Å². The van der Waals surface area contributed by atoms with E-state index in [0.29, 0.717) is 24.7 Å². The molecule has 0 radical (unpaired) electrons. The van der Waals surface area contributed by atoms with Crippen LogP contribution >= 0.6 is 0 Å². The van der Waals surface area contributed by atoms with Gasteiger partial charge in [0, 0.05) is 32.2 Å². The van der Waals surface area contributed by atoms with E-state index in [9.17, 15) is 8.42 Å². The molecule has 5 nitrogen and oxygen atoms in total. The molecule has 0 aromatic heterocycles. The molecule has 1 saturated carbocycles. The third-order valence-electron chi connectivity index (χ3n) is 3.94. The van der Waals surface area contributed by atoms with Gasteiger partial charge in [-0.25, -0.2) is 8.42 Å². The van der Waals surface area contributed by atoms with E-state index in [1.165, 1.54) is 23.2 Å². The van der Waals surface area contributed by atoms with E-state index in [-0.39, 0.29) is 4.90 Å². The Labute approximate surface area is 119 Å². The number of rotatable bonds is 3. The van der Waals surface area contributed by atoms with Crippen molar-refractivity contribution in [2.24, 2.45) is 0 Å². The van der Waals surface area contributed by atoms with Gasteiger partial charge in [-0.3, -0.25) is 4.90 Å². The number of piperazine rings is 1. The van der Waals surface area contributed by atoms with Gasteiger partial charge in [0.15, 0.2) is 0 Å². The Balaban J connectivity index is 1.76. The average molecular weight is 291 g/mol. The van der Waals surface area contributed by atoms with E-state index in [1.807, 2.05) is 6.07 Å². The second kappa shape index (κ2) is 5.17. The van der Waals surface area contributed by atoms with Gasteiger partial charge >= 0.3 is 0 Å². The lowest BCUT2D eigenvalue weighted by atomic mass is 10.2. The highest BCUT2D eigenvalue weighted by atomic mass is 32.2. The average Bonchev–Trinajstić information content (AvgIpc) is 3.32. The standard InChI is InChI=1S/C14H17N3O2S/c15-11-12-2-1-3-14(10-12)20(18,19)17-8-6-16(7-9-17)13-4-5-13/h1-3,10,13H,4-9H2. The van der Waals surface area contributed by atoms with Crippen LogP contribution in [0.15, 0.2) is 29.2 Å². The molecule has 1 aliphatic heterocycles. The van der Waals surface area contributed by atoms with Gasteiger partial charge in [0.2, 0.25) is 10.0 Å². The molecule has 1 heterocycles. The van der Waals surface area contributed by atoms with E-state index < -0.39 is 10.0 Å². The maximum Gasteiger partial charge on any atom is 0.243 e. The van der Waals surface area contributed by atoms with Crippen LogP contribution in [0.4, 0.5) is 0 Å². The van der Waals surface area contributed by atoms with Gasteiger partial charge in [-0.2, -0.15) is 9.57 Å². The van der Waals surface area contributed by atoms with E-state index in [0.717, 1.165) is 13.1 Å². The van der Waals surface area contributed by atoms with Crippen molar-refractivity contribution in [1.29, 1.82) is 5.26 Å². The number of sulfonamides is 1. The van der Waals surface area contributed by atoms with Gasteiger partial charge in [-0.15, -0.1) is 0 Å². The number of hydrogen-bond donors (Lipinski definition) is 0. The Hall–Kier alpha value is -1.42. The summed E-state index contributed by atoms with van der Waals surface area (Å²) in [7, 11) is -3.47. The van der Waals surface area contributed by atoms with Crippen molar-refractivity contribution >= 4 is 10.0 Å². The fourth-order valence-corrected chi connectivity index (χ4v) is 4.09. The largest absolute Gasteiger partial charge is 0.298 e. The predicted molar refractivity (Wildman–Crippen MR) is 74.5 cm³/mol. The molecule has 2 fully saturated rings. The van der Waals surface area contributed by atoms with Crippen LogP contribution in [0.2, 0.25) is 0 Å². The molecule has 0 unspecified atom stereocenters. The van der Waals surface area contributed by atoms with Crippen LogP contribution in [0.5, 0.6) is 0 Å². The Morgan fingerprint density at radius 1 is 1.15 bits per heavy atom. The van der Waals surface area contributed by atoms with Gasteiger partial charge in [0.1, 0.15) is 0 Å². The van der Waals surface area contributed by atoms with Crippen LogP contribution < -0.4 is 0 Å². The fraction of sp³-hybridized carbons (Fsp3) is 0.500. The second-order valence-electron chi connectivity index (χ2n) is 5.31. The van der Waals surface area contributed by atoms with Crippen LogP contribution in [0.3, 0.4) is 0 Å². The van der Waals surface area contributed by atoms with Crippen LogP contribution in [-0.4, -0.2) is 49.8 Å². The summed E-state index contributed by atoms with van der Waals surface area (Å²) >= 11 is 0. The molecule has 0 bridgehead atoms. The van der Waals surface area contributed by atoms with Gasteiger partial charge in [0.05, 0.1) is 16.5 Å². The summed E-state index contributed by atoms with van der Waals surface area (Å²) in [5, 5.41) is 8.88. The molecule has 1 saturated heterocycles. The molecule has 0 atom stereocenters. The van der Waals surface area contributed by atoms with Crippen molar-refractivity contribution in [2.45, 2.75) is 23.8 Å². The monoisotopic (exact) mass is 291 g/mol. The quantitative estimate of drug-likeness (QED) is 0.834. The first-order valence-corrected chi connectivity index (χ1v) is 8.29. The van der Waals surface area contributed by atoms with Gasteiger partial charge in [-0.1, -0.05) is 6.07 Å². The Morgan fingerprint density at radius 3 is 2.45 bits per heavy atom. The molecule has 0 N–H and O–H groups in total. The van der Waals surface area contributed by atoms with E-state index >= 15 is 0 Å². The smallest absolute Gasteiger partial charge is 0.243 e. The molecule has 2 aliphatic rings. The molecule has 1 aliphatic carbocycles. The Morgan fingerprint density at radius 2 is 1.85 bits per heavy atom. The zero-order valence-electron chi connectivity index (χ0n) is 11.2. The van der Waals surface area contributed by atoms with Crippen LogP contribution in [0.25, 0.3) is 0 Å². The molecule has 0 amide bonds. The zero-order valence-corrected chi connectivity index (χ0v) is 12.0. The summed E-state index contributed by atoms with van der Waals surface area (Å²) in [6, 6.07) is 8.90.